The van der Waals surface area contributed by atoms with Gasteiger partial charge in [0.2, 0.25) is 0 Å². The van der Waals surface area contributed by atoms with E-state index in [0.29, 0.717) is 0 Å². The number of nitrogens with zero attached hydrogens (tertiary/aromatic N) is 2. The lowest BCUT2D eigenvalue weighted by Crippen LogP contribution is -2.33. The summed E-state index contributed by atoms with van der Waals surface area (Å²) in [5.41, 5.74) is 5.75. The summed E-state index contributed by atoms with van der Waals surface area (Å²) in [5, 5.41) is 6.20. The maximum absolute atomic E-state index is 6.48. The molecule has 0 unspecified atom stereocenters. The topological polar surface area (TPSA) is 26.0 Å². The number of hydrogen-bond donors (Lipinski definition) is 0. The van der Waals surface area contributed by atoms with Gasteiger partial charge in [0.25, 0.3) is 6.33 Å². The number of aromatic nitrogens is 2. The molecule has 0 saturated heterocycles. The van der Waals surface area contributed by atoms with Crippen LogP contribution < -0.4 is 9.30 Å². The van der Waals surface area contributed by atoms with Crippen LogP contribution in [0.5, 0.6) is 11.5 Å². The van der Waals surface area contributed by atoms with E-state index in [0.717, 1.165) is 22.4 Å². The van der Waals surface area contributed by atoms with Gasteiger partial charge in [0.1, 0.15) is 16.9 Å². The van der Waals surface area contributed by atoms with Crippen LogP contribution in [0.25, 0.3) is 43.7 Å². The van der Waals surface area contributed by atoms with Crippen LogP contribution in [0.1, 0.15) is 11.1 Å². The van der Waals surface area contributed by atoms with E-state index in [1.807, 2.05) is 18.5 Å². The maximum Gasteiger partial charge on any atom is 0.287 e. The smallest absolute Gasteiger partial charge is 0.287 e. The summed E-state index contributed by atoms with van der Waals surface area (Å²) in [5.74, 6) is 1.84. The van der Waals surface area contributed by atoms with E-state index in [2.05, 4.69) is 72.9 Å². The Labute approximate surface area is 162 Å². The second-order valence-corrected chi connectivity index (χ2v) is 7.62. The number of benzene rings is 4. The SMILES string of the molecule is Cc1c2c(c(C)c3c1ccc1ccccc13)-c1c3c(cccc3nc[n+]1C)O2. The molecule has 6 rings (SSSR count). The number of aryl methyl sites for hydroxylation is 3. The Hall–Kier alpha value is -3.46. The van der Waals surface area contributed by atoms with Gasteiger partial charge in [-0.15, -0.1) is 0 Å². The van der Waals surface area contributed by atoms with Crippen LogP contribution in [-0.4, -0.2) is 4.98 Å². The first kappa shape index (κ1) is 15.6. The Morgan fingerprint density at radius 2 is 1.68 bits per heavy atom. The first-order chi connectivity index (χ1) is 13.6. The van der Waals surface area contributed by atoms with E-state index < -0.39 is 0 Å². The fraction of sp³-hybridized carbons (Fsp3) is 0.120. The van der Waals surface area contributed by atoms with E-state index in [1.54, 1.807) is 0 Å². The van der Waals surface area contributed by atoms with Crippen LogP contribution >= 0.6 is 0 Å². The lowest BCUT2D eigenvalue weighted by atomic mass is 9.87. The van der Waals surface area contributed by atoms with E-state index in [9.17, 15) is 0 Å². The van der Waals surface area contributed by atoms with Crippen molar-refractivity contribution < 1.29 is 9.30 Å². The molecule has 134 valence electrons. The normalized spacial score (nSPS) is 12.4. The van der Waals surface area contributed by atoms with Gasteiger partial charge in [-0.2, -0.15) is 0 Å². The third-order valence-corrected chi connectivity index (χ3v) is 6.06. The highest BCUT2D eigenvalue weighted by atomic mass is 16.5. The second kappa shape index (κ2) is 5.29. The average molecular weight is 363 g/mol. The molecule has 0 radical (unpaired) electrons. The zero-order chi connectivity index (χ0) is 19.0. The first-order valence-corrected chi connectivity index (χ1v) is 9.55. The third-order valence-electron chi connectivity index (χ3n) is 6.06. The number of hydrogen-bond acceptors (Lipinski definition) is 2. The molecule has 0 saturated carbocycles. The summed E-state index contributed by atoms with van der Waals surface area (Å²) < 4.78 is 8.60. The van der Waals surface area contributed by atoms with Crippen molar-refractivity contribution in [2.75, 3.05) is 0 Å². The highest BCUT2D eigenvalue weighted by molar-refractivity contribution is 6.14. The van der Waals surface area contributed by atoms with E-state index in [-0.39, 0.29) is 0 Å². The predicted molar refractivity (Wildman–Crippen MR) is 113 cm³/mol. The molecule has 4 aromatic carbocycles. The molecule has 1 aromatic heterocycles. The van der Waals surface area contributed by atoms with Crippen LogP contribution in [0.4, 0.5) is 0 Å². The molecule has 2 heterocycles. The zero-order valence-corrected chi connectivity index (χ0v) is 16.1. The fourth-order valence-corrected chi connectivity index (χ4v) is 4.75. The zero-order valence-electron chi connectivity index (χ0n) is 16.1. The van der Waals surface area contributed by atoms with Crippen LogP contribution in [0.2, 0.25) is 0 Å². The Morgan fingerprint density at radius 3 is 2.57 bits per heavy atom. The highest BCUT2D eigenvalue weighted by Crippen LogP contribution is 2.50. The first-order valence-electron chi connectivity index (χ1n) is 9.55. The van der Waals surface area contributed by atoms with Crippen molar-refractivity contribution in [3.05, 3.63) is 72.1 Å². The third kappa shape index (κ3) is 1.83. The molecule has 1 aliphatic heterocycles. The molecule has 0 spiro atoms. The van der Waals surface area contributed by atoms with Crippen LogP contribution in [0.3, 0.4) is 0 Å². The van der Waals surface area contributed by atoms with Crippen LogP contribution in [0, 0.1) is 13.8 Å². The summed E-state index contributed by atoms with van der Waals surface area (Å²) >= 11 is 0. The van der Waals surface area contributed by atoms with Gasteiger partial charge in [0.05, 0.1) is 12.6 Å². The molecular weight excluding hydrogens is 344 g/mol. The number of fused-ring (bicyclic) bond motifs is 5. The minimum atomic E-state index is 0.881. The lowest BCUT2D eigenvalue weighted by Gasteiger charge is -2.25. The highest BCUT2D eigenvalue weighted by Gasteiger charge is 2.31. The predicted octanol–water partition coefficient (Wildman–Crippen LogP) is 5.76. The Morgan fingerprint density at radius 1 is 0.821 bits per heavy atom. The molecule has 0 N–H and O–H groups in total. The van der Waals surface area contributed by atoms with Crippen molar-refractivity contribution in [1.29, 1.82) is 0 Å². The lowest BCUT2D eigenvalue weighted by molar-refractivity contribution is -0.662. The van der Waals surface area contributed by atoms with Crippen molar-refractivity contribution >= 4 is 32.4 Å². The van der Waals surface area contributed by atoms with E-state index >= 15 is 0 Å². The van der Waals surface area contributed by atoms with Gasteiger partial charge in [0.15, 0.2) is 11.2 Å². The second-order valence-electron chi connectivity index (χ2n) is 7.62. The van der Waals surface area contributed by atoms with E-state index in [1.165, 1.54) is 43.9 Å². The van der Waals surface area contributed by atoms with Crippen molar-refractivity contribution in [2.45, 2.75) is 13.8 Å². The molecule has 5 aromatic rings. The summed E-state index contributed by atoms with van der Waals surface area (Å²) in [6.45, 7) is 4.39. The molecule has 0 aliphatic carbocycles. The monoisotopic (exact) mass is 363 g/mol. The molecule has 0 atom stereocenters. The molecule has 28 heavy (non-hydrogen) atoms. The van der Waals surface area contributed by atoms with Crippen molar-refractivity contribution in [2.24, 2.45) is 7.05 Å². The minimum Gasteiger partial charge on any atom is -0.455 e. The average Bonchev–Trinajstić information content (AvgIpc) is 2.73. The van der Waals surface area contributed by atoms with Gasteiger partial charge in [-0.25, -0.2) is 4.57 Å². The molecule has 1 aliphatic rings. The maximum atomic E-state index is 6.48. The molecule has 3 nitrogen and oxygen atoms in total. The number of ether oxygens (including phenoxy) is 1. The van der Waals surface area contributed by atoms with Gasteiger partial charge < -0.3 is 4.74 Å². The molecule has 3 heteroatoms. The molecule has 0 amide bonds. The van der Waals surface area contributed by atoms with Gasteiger partial charge in [-0.1, -0.05) is 42.5 Å². The molecular formula is C25H19N2O+. The minimum absolute atomic E-state index is 0.881. The quantitative estimate of drug-likeness (QED) is 0.253. The van der Waals surface area contributed by atoms with Crippen LogP contribution in [0.15, 0.2) is 60.9 Å². The van der Waals surface area contributed by atoms with Gasteiger partial charge in [-0.3, -0.25) is 0 Å². The largest absolute Gasteiger partial charge is 0.455 e. The Kier molecular flexibility index (Phi) is 2.95. The summed E-state index contributed by atoms with van der Waals surface area (Å²) in [6, 6.07) is 19.1. The van der Waals surface area contributed by atoms with Crippen molar-refractivity contribution in [3.8, 4) is 22.8 Å². The number of rotatable bonds is 0. The van der Waals surface area contributed by atoms with Crippen molar-refractivity contribution in [3.63, 3.8) is 0 Å². The molecule has 0 fully saturated rings. The summed E-state index contributed by atoms with van der Waals surface area (Å²) in [7, 11) is 2.07. The fourth-order valence-electron chi connectivity index (χ4n) is 4.75. The Balaban J connectivity index is 1.89. The van der Waals surface area contributed by atoms with Gasteiger partial charge in [-0.05, 0) is 58.1 Å². The van der Waals surface area contributed by atoms with Gasteiger partial charge in [0, 0.05) is 5.56 Å². The Bertz CT molecular complexity index is 1470. The van der Waals surface area contributed by atoms with E-state index in [4.69, 9.17) is 4.74 Å². The standard InChI is InChI=1S/C25H19N2O/c1-14-17-12-11-16-7-4-5-8-18(16)21(17)15(2)22-24-23-19(26-13-27(24)3)9-6-10-20(23)28-25(14)22/h4-13H,1-3H3/q+1. The van der Waals surface area contributed by atoms with Crippen molar-refractivity contribution in [1.82, 2.24) is 4.98 Å². The molecule has 0 bridgehead atoms. The summed E-state index contributed by atoms with van der Waals surface area (Å²) in [6.07, 6.45) is 1.90. The van der Waals surface area contributed by atoms with Gasteiger partial charge >= 0.3 is 0 Å². The van der Waals surface area contributed by atoms with Crippen LogP contribution in [-0.2, 0) is 7.05 Å². The summed E-state index contributed by atoms with van der Waals surface area (Å²) in [4.78, 5) is 4.60.